The van der Waals surface area contributed by atoms with Gasteiger partial charge in [-0.1, -0.05) is 0 Å². The molecular weight excluding hydrogens is 300 g/mol. The molecule has 1 aliphatic heterocycles. The van der Waals surface area contributed by atoms with E-state index in [0.717, 1.165) is 30.0 Å². The molecule has 0 radical (unpaired) electrons. The number of thiazole rings is 1. The Hall–Kier alpha value is -2.22. The number of carbonyl (C=O) groups excluding carboxylic acids is 1. The molecule has 1 fully saturated rings. The third-order valence-electron chi connectivity index (χ3n) is 4.04. The number of imidazole rings is 1. The van der Waals surface area contributed by atoms with Crippen molar-refractivity contribution in [2.24, 2.45) is 0 Å². The van der Waals surface area contributed by atoms with Crippen LogP contribution in [0.3, 0.4) is 0 Å². The van der Waals surface area contributed by atoms with Gasteiger partial charge in [0, 0.05) is 30.9 Å². The van der Waals surface area contributed by atoms with Crippen LogP contribution in [0.25, 0.3) is 4.96 Å². The van der Waals surface area contributed by atoms with Gasteiger partial charge in [0.1, 0.15) is 12.7 Å². The minimum atomic E-state index is 0.135. The Bertz CT molecular complexity index is 748. The molecular formula is C14H16N6OS. The molecule has 0 spiro atoms. The zero-order chi connectivity index (χ0) is 14.9. The summed E-state index contributed by atoms with van der Waals surface area (Å²) in [6.07, 6.45) is 9.55. The van der Waals surface area contributed by atoms with E-state index in [1.54, 1.807) is 24.0 Å². The number of carbonyl (C=O) groups is 1. The Morgan fingerprint density at radius 2 is 2.41 bits per heavy atom. The Labute approximate surface area is 131 Å². The second-order valence-corrected chi connectivity index (χ2v) is 6.39. The number of hydrogen-bond acceptors (Lipinski definition) is 5. The van der Waals surface area contributed by atoms with Crippen molar-refractivity contribution in [3.63, 3.8) is 0 Å². The van der Waals surface area contributed by atoms with Crippen molar-refractivity contribution in [2.45, 2.75) is 25.3 Å². The number of aromatic nitrogens is 5. The van der Waals surface area contributed by atoms with Crippen molar-refractivity contribution in [1.29, 1.82) is 0 Å². The van der Waals surface area contributed by atoms with Crippen LogP contribution >= 0.6 is 11.3 Å². The summed E-state index contributed by atoms with van der Waals surface area (Å²) in [7, 11) is 0. The predicted octanol–water partition coefficient (Wildman–Crippen LogP) is 1.39. The van der Waals surface area contributed by atoms with Gasteiger partial charge in [-0.15, -0.1) is 11.3 Å². The summed E-state index contributed by atoms with van der Waals surface area (Å²) in [5.74, 6) is 0.135. The molecule has 114 valence electrons. The number of amides is 1. The van der Waals surface area contributed by atoms with Gasteiger partial charge in [-0.3, -0.25) is 9.20 Å². The molecule has 0 N–H and O–H groups in total. The second kappa shape index (κ2) is 5.53. The topological polar surface area (TPSA) is 68.3 Å². The number of rotatable bonds is 3. The SMILES string of the molecule is O=C(Cc1cn2ccsc2n1)N1CCC[C@H](n2cncn2)C1. The monoisotopic (exact) mass is 316 g/mol. The van der Waals surface area contributed by atoms with E-state index in [1.807, 2.05) is 31.8 Å². The van der Waals surface area contributed by atoms with Crippen LogP contribution in [0.15, 0.2) is 30.4 Å². The fraction of sp³-hybridized carbons (Fsp3) is 0.429. The predicted molar refractivity (Wildman–Crippen MR) is 81.6 cm³/mol. The maximum absolute atomic E-state index is 12.5. The summed E-state index contributed by atoms with van der Waals surface area (Å²) in [4.78, 5) is 23.8. The lowest BCUT2D eigenvalue weighted by Crippen LogP contribution is -2.41. The first-order chi connectivity index (χ1) is 10.8. The van der Waals surface area contributed by atoms with Crippen molar-refractivity contribution in [3.05, 3.63) is 36.1 Å². The first-order valence-corrected chi connectivity index (χ1v) is 8.20. The number of piperidine rings is 1. The van der Waals surface area contributed by atoms with Crippen molar-refractivity contribution in [2.75, 3.05) is 13.1 Å². The van der Waals surface area contributed by atoms with Gasteiger partial charge in [0.05, 0.1) is 18.2 Å². The first-order valence-electron chi connectivity index (χ1n) is 7.32. The highest BCUT2D eigenvalue weighted by molar-refractivity contribution is 7.15. The van der Waals surface area contributed by atoms with Crippen LogP contribution < -0.4 is 0 Å². The van der Waals surface area contributed by atoms with Crippen LogP contribution in [0.5, 0.6) is 0 Å². The molecule has 3 aromatic rings. The van der Waals surface area contributed by atoms with Crippen molar-refractivity contribution in [1.82, 2.24) is 29.0 Å². The van der Waals surface area contributed by atoms with E-state index in [4.69, 9.17) is 0 Å². The lowest BCUT2D eigenvalue weighted by atomic mass is 10.1. The highest BCUT2D eigenvalue weighted by Crippen LogP contribution is 2.21. The Kier molecular flexibility index (Phi) is 3.38. The van der Waals surface area contributed by atoms with E-state index in [1.165, 1.54) is 0 Å². The van der Waals surface area contributed by atoms with Gasteiger partial charge in [-0.2, -0.15) is 5.10 Å². The maximum Gasteiger partial charge on any atom is 0.228 e. The lowest BCUT2D eigenvalue weighted by molar-refractivity contribution is -0.132. The number of likely N-dealkylation sites (tertiary alicyclic amines) is 1. The fourth-order valence-electron chi connectivity index (χ4n) is 2.93. The molecule has 22 heavy (non-hydrogen) atoms. The highest BCUT2D eigenvalue weighted by atomic mass is 32.1. The molecule has 4 heterocycles. The van der Waals surface area contributed by atoms with E-state index in [9.17, 15) is 4.79 Å². The van der Waals surface area contributed by atoms with E-state index in [-0.39, 0.29) is 11.9 Å². The smallest absolute Gasteiger partial charge is 0.228 e. The van der Waals surface area contributed by atoms with Gasteiger partial charge in [-0.05, 0) is 12.8 Å². The molecule has 3 aromatic heterocycles. The number of fused-ring (bicyclic) bond motifs is 1. The molecule has 0 saturated carbocycles. The zero-order valence-electron chi connectivity index (χ0n) is 12.0. The lowest BCUT2D eigenvalue weighted by Gasteiger charge is -2.32. The Balaban J connectivity index is 1.44. The number of hydrogen-bond donors (Lipinski definition) is 0. The summed E-state index contributed by atoms with van der Waals surface area (Å²) in [6, 6.07) is 0.227. The molecule has 7 nitrogen and oxygen atoms in total. The third-order valence-corrected chi connectivity index (χ3v) is 4.81. The van der Waals surface area contributed by atoms with Crippen LogP contribution in [-0.2, 0) is 11.2 Å². The van der Waals surface area contributed by atoms with Gasteiger partial charge in [0.25, 0.3) is 0 Å². The van der Waals surface area contributed by atoms with Crippen LogP contribution in [-0.4, -0.2) is 48.0 Å². The van der Waals surface area contributed by atoms with E-state index in [0.29, 0.717) is 13.0 Å². The van der Waals surface area contributed by atoms with Crippen molar-refractivity contribution >= 4 is 22.2 Å². The van der Waals surface area contributed by atoms with Crippen LogP contribution in [0.2, 0.25) is 0 Å². The van der Waals surface area contributed by atoms with Crippen molar-refractivity contribution in [3.8, 4) is 0 Å². The normalized spacial score (nSPS) is 18.9. The molecule has 0 aliphatic carbocycles. The van der Waals surface area contributed by atoms with E-state index in [2.05, 4.69) is 15.1 Å². The minimum Gasteiger partial charge on any atom is -0.340 e. The molecule has 1 saturated heterocycles. The summed E-state index contributed by atoms with van der Waals surface area (Å²) in [6.45, 7) is 1.51. The van der Waals surface area contributed by atoms with Gasteiger partial charge < -0.3 is 4.90 Å². The second-order valence-electron chi connectivity index (χ2n) is 5.51. The molecule has 0 aromatic carbocycles. The van der Waals surface area contributed by atoms with E-state index < -0.39 is 0 Å². The summed E-state index contributed by atoms with van der Waals surface area (Å²) < 4.78 is 3.81. The molecule has 8 heteroatoms. The van der Waals surface area contributed by atoms with Crippen molar-refractivity contribution < 1.29 is 4.79 Å². The van der Waals surface area contributed by atoms with Crippen LogP contribution in [0.1, 0.15) is 24.6 Å². The number of nitrogens with zero attached hydrogens (tertiary/aromatic N) is 6. The average molecular weight is 316 g/mol. The van der Waals surface area contributed by atoms with E-state index >= 15 is 0 Å². The molecule has 0 bridgehead atoms. The molecule has 1 amide bonds. The van der Waals surface area contributed by atoms with Gasteiger partial charge in [0.2, 0.25) is 5.91 Å². The summed E-state index contributed by atoms with van der Waals surface area (Å²) >= 11 is 1.58. The Morgan fingerprint density at radius 3 is 3.23 bits per heavy atom. The fourth-order valence-corrected chi connectivity index (χ4v) is 3.65. The van der Waals surface area contributed by atoms with Gasteiger partial charge in [-0.25, -0.2) is 14.6 Å². The highest BCUT2D eigenvalue weighted by Gasteiger charge is 2.25. The molecule has 1 atom stereocenters. The third kappa shape index (κ3) is 2.50. The minimum absolute atomic E-state index is 0.135. The molecule has 1 aliphatic rings. The summed E-state index contributed by atoms with van der Waals surface area (Å²) in [5, 5.41) is 6.18. The van der Waals surface area contributed by atoms with Crippen LogP contribution in [0.4, 0.5) is 0 Å². The summed E-state index contributed by atoms with van der Waals surface area (Å²) in [5.41, 5.74) is 0.833. The Morgan fingerprint density at radius 1 is 1.45 bits per heavy atom. The average Bonchev–Trinajstić information content (AvgIpc) is 3.24. The van der Waals surface area contributed by atoms with Gasteiger partial charge in [0.15, 0.2) is 4.96 Å². The zero-order valence-corrected chi connectivity index (χ0v) is 12.8. The quantitative estimate of drug-likeness (QED) is 0.732. The van der Waals surface area contributed by atoms with Gasteiger partial charge >= 0.3 is 0 Å². The van der Waals surface area contributed by atoms with Crippen LogP contribution in [0, 0.1) is 0 Å². The standard InChI is InChI=1S/C14H16N6OS/c21-13(6-11-7-19-4-5-22-14(19)17-11)18-3-1-2-12(8-18)20-10-15-9-16-20/h4-5,7,9-10,12H,1-3,6,8H2/t12-/m0/s1. The first kappa shape index (κ1) is 13.4. The maximum atomic E-state index is 12.5. The molecule has 4 rings (SSSR count). The largest absolute Gasteiger partial charge is 0.340 e. The molecule has 0 unspecified atom stereocenters.